The number of anilines is 1. The Morgan fingerprint density at radius 2 is 2.39 bits per heavy atom. The van der Waals surface area contributed by atoms with Crippen LogP contribution < -0.4 is 15.0 Å². The SMILES string of the molecule is CC(CCO)C1CCN(c2ccc3c(c2)OCC(NC=O)C3)C1. The van der Waals surface area contributed by atoms with Gasteiger partial charge >= 0.3 is 0 Å². The molecule has 3 unspecified atom stereocenters. The topological polar surface area (TPSA) is 61.8 Å². The van der Waals surface area contributed by atoms with Gasteiger partial charge in [-0.2, -0.15) is 0 Å². The fourth-order valence-electron chi connectivity index (χ4n) is 3.69. The minimum Gasteiger partial charge on any atom is -0.491 e. The van der Waals surface area contributed by atoms with E-state index in [1.165, 1.54) is 12.1 Å². The van der Waals surface area contributed by atoms with Gasteiger partial charge in [-0.1, -0.05) is 13.0 Å². The van der Waals surface area contributed by atoms with Gasteiger partial charge in [-0.3, -0.25) is 4.79 Å². The second-order valence-electron chi connectivity index (χ2n) is 6.77. The van der Waals surface area contributed by atoms with Gasteiger partial charge < -0.3 is 20.1 Å². The number of aliphatic hydroxyl groups is 1. The van der Waals surface area contributed by atoms with E-state index in [2.05, 4.69) is 35.3 Å². The van der Waals surface area contributed by atoms with Crippen molar-refractivity contribution < 1.29 is 14.6 Å². The number of aliphatic hydroxyl groups excluding tert-OH is 1. The Bertz CT molecular complexity index is 549. The highest BCUT2D eigenvalue weighted by Crippen LogP contribution is 2.34. The average Bonchev–Trinajstić information content (AvgIpc) is 3.05. The molecule has 0 radical (unpaired) electrons. The molecule has 1 aromatic carbocycles. The summed E-state index contributed by atoms with van der Waals surface area (Å²) < 4.78 is 5.82. The number of rotatable bonds is 6. The molecule has 0 aromatic heterocycles. The summed E-state index contributed by atoms with van der Waals surface area (Å²) in [6.07, 6.45) is 3.64. The molecule has 0 saturated carbocycles. The third kappa shape index (κ3) is 3.61. The lowest BCUT2D eigenvalue weighted by Crippen LogP contribution is -2.38. The van der Waals surface area contributed by atoms with Gasteiger partial charge in [0.15, 0.2) is 0 Å². The first-order valence-corrected chi connectivity index (χ1v) is 8.52. The fraction of sp³-hybridized carbons (Fsp3) is 0.611. The predicted octanol–water partition coefficient (Wildman–Crippen LogP) is 1.58. The number of nitrogens with one attached hydrogen (secondary N) is 1. The zero-order chi connectivity index (χ0) is 16.2. The molecule has 1 aromatic rings. The van der Waals surface area contributed by atoms with Crippen LogP contribution in [0.4, 0.5) is 5.69 Å². The Labute approximate surface area is 137 Å². The second-order valence-corrected chi connectivity index (χ2v) is 6.77. The Balaban J connectivity index is 1.65. The van der Waals surface area contributed by atoms with Gasteiger partial charge in [0.05, 0.1) is 6.04 Å². The Kier molecular flexibility index (Phi) is 5.06. The molecule has 2 aliphatic heterocycles. The second kappa shape index (κ2) is 7.21. The molecule has 0 aliphatic carbocycles. The van der Waals surface area contributed by atoms with Crippen LogP contribution in [0.1, 0.15) is 25.3 Å². The van der Waals surface area contributed by atoms with Crippen LogP contribution in [0.15, 0.2) is 18.2 Å². The maximum absolute atomic E-state index is 10.6. The van der Waals surface area contributed by atoms with Crippen molar-refractivity contribution in [2.24, 2.45) is 11.8 Å². The normalized spacial score (nSPS) is 24.7. The van der Waals surface area contributed by atoms with E-state index in [1.54, 1.807) is 0 Å². The third-order valence-corrected chi connectivity index (χ3v) is 5.24. The molecule has 3 rings (SSSR count). The molecule has 5 heteroatoms. The molecule has 2 heterocycles. The molecular weight excluding hydrogens is 292 g/mol. The summed E-state index contributed by atoms with van der Waals surface area (Å²) in [6.45, 7) is 5.16. The van der Waals surface area contributed by atoms with Crippen molar-refractivity contribution >= 4 is 12.1 Å². The molecule has 0 bridgehead atoms. The third-order valence-electron chi connectivity index (χ3n) is 5.24. The van der Waals surface area contributed by atoms with Gasteiger partial charge in [0.2, 0.25) is 6.41 Å². The van der Waals surface area contributed by atoms with Crippen LogP contribution in [0.3, 0.4) is 0 Å². The highest BCUT2D eigenvalue weighted by Gasteiger charge is 2.28. The van der Waals surface area contributed by atoms with Gasteiger partial charge in [-0.25, -0.2) is 0 Å². The lowest BCUT2D eigenvalue weighted by atomic mass is 9.91. The number of benzene rings is 1. The van der Waals surface area contributed by atoms with Gasteiger partial charge in [0.25, 0.3) is 0 Å². The molecule has 2 N–H and O–H groups in total. The van der Waals surface area contributed by atoms with Gasteiger partial charge in [-0.05, 0) is 42.7 Å². The maximum atomic E-state index is 10.6. The summed E-state index contributed by atoms with van der Waals surface area (Å²) in [7, 11) is 0. The number of hydrogen-bond acceptors (Lipinski definition) is 4. The lowest BCUT2D eigenvalue weighted by Gasteiger charge is -2.27. The van der Waals surface area contributed by atoms with E-state index < -0.39 is 0 Å². The average molecular weight is 318 g/mol. The van der Waals surface area contributed by atoms with E-state index in [0.29, 0.717) is 18.4 Å². The largest absolute Gasteiger partial charge is 0.491 e. The van der Waals surface area contributed by atoms with Crippen molar-refractivity contribution in [2.75, 3.05) is 31.2 Å². The highest BCUT2D eigenvalue weighted by molar-refractivity contribution is 5.55. The van der Waals surface area contributed by atoms with Crippen LogP contribution in [0.5, 0.6) is 5.75 Å². The van der Waals surface area contributed by atoms with Crippen molar-refractivity contribution in [1.82, 2.24) is 5.32 Å². The molecule has 1 fully saturated rings. The number of nitrogens with zero attached hydrogens (tertiary/aromatic N) is 1. The van der Waals surface area contributed by atoms with Crippen molar-refractivity contribution in [2.45, 2.75) is 32.2 Å². The summed E-state index contributed by atoms with van der Waals surface area (Å²) in [6, 6.07) is 6.48. The molecule has 126 valence electrons. The Hall–Kier alpha value is -1.75. The Morgan fingerprint density at radius 1 is 1.52 bits per heavy atom. The smallest absolute Gasteiger partial charge is 0.207 e. The van der Waals surface area contributed by atoms with Gasteiger partial charge in [0.1, 0.15) is 12.4 Å². The first-order valence-electron chi connectivity index (χ1n) is 8.52. The quantitative estimate of drug-likeness (QED) is 0.782. The van der Waals surface area contributed by atoms with E-state index in [1.807, 2.05) is 0 Å². The van der Waals surface area contributed by atoms with Crippen LogP contribution in [-0.4, -0.2) is 43.9 Å². The maximum Gasteiger partial charge on any atom is 0.207 e. The predicted molar refractivity (Wildman–Crippen MR) is 89.8 cm³/mol. The first kappa shape index (κ1) is 16.1. The van der Waals surface area contributed by atoms with Gasteiger partial charge in [0, 0.05) is 31.5 Å². The first-order chi connectivity index (χ1) is 11.2. The van der Waals surface area contributed by atoms with Gasteiger partial charge in [-0.15, -0.1) is 0 Å². The summed E-state index contributed by atoms with van der Waals surface area (Å²) in [4.78, 5) is 13.0. The zero-order valence-electron chi connectivity index (χ0n) is 13.7. The molecule has 3 atom stereocenters. The summed E-state index contributed by atoms with van der Waals surface area (Å²) in [5, 5.41) is 11.9. The summed E-state index contributed by atoms with van der Waals surface area (Å²) in [5.74, 6) is 2.16. The standard InChI is InChI=1S/C18H26N2O3/c1-13(5-7-21)15-4-6-20(10-15)17-3-2-14-8-16(19-12-22)11-23-18(14)9-17/h2-3,9,12-13,15-16,21H,4-8,10-11H2,1H3,(H,19,22). The number of ether oxygens (including phenoxy) is 1. The monoisotopic (exact) mass is 318 g/mol. The van der Waals surface area contributed by atoms with E-state index in [4.69, 9.17) is 9.84 Å². The summed E-state index contributed by atoms with van der Waals surface area (Å²) in [5.41, 5.74) is 2.37. The van der Waals surface area contributed by atoms with Crippen molar-refractivity contribution in [3.05, 3.63) is 23.8 Å². The van der Waals surface area contributed by atoms with Crippen molar-refractivity contribution in [3.8, 4) is 5.75 Å². The van der Waals surface area contributed by atoms with E-state index in [9.17, 15) is 4.79 Å². The van der Waals surface area contributed by atoms with E-state index in [-0.39, 0.29) is 12.6 Å². The molecule has 2 aliphatic rings. The van der Waals surface area contributed by atoms with Crippen molar-refractivity contribution in [3.63, 3.8) is 0 Å². The zero-order valence-corrected chi connectivity index (χ0v) is 13.7. The molecule has 1 saturated heterocycles. The molecular formula is C18H26N2O3. The number of amides is 1. The number of hydrogen-bond donors (Lipinski definition) is 2. The number of fused-ring (bicyclic) bond motifs is 1. The van der Waals surface area contributed by atoms with Crippen LogP contribution >= 0.6 is 0 Å². The fourth-order valence-corrected chi connectivity index (χ4v) is 3.69. The van der Waals surface area contributed by atoms with Crippen molar-refractivity contribution in [1.29, 1.82) is 0 Å². The molecule has 23 heavy (non-hydrogen) atoms. The minimum atomic E-state index is 0.0707. The van der Waals surface area contributed by atoms with Crippen LogP contribution in [0.2, 0.25) is 0 Å². The van der Waals surface area contributed by atoms with E-state index in [0.717, 1.165) is 43.7 Å². The Morgan fingerprint density at radius 3 is 3.17 bits per heavy atom. The molecule has 1 amide bonds. The number of carbonyl (C=O) groups excluding carboxylic acids is 1. The number of carbonyl (C=O) groups is 1. The summed E-state index contributed by atoms with van der Waals surface area (Å²) >= 11 is 0. The lowest BCUT2D eigenvalue weighted by molar-refractivity contribution is -0.110. The van der Waals surface area contributed by atoms with Crippen LogP contribution in [-0.2, 0) is 11.2 Å². The van der Waals surface area contributed by atoms with Crippen LogP contribution in [0, 0.1) is 11.8 Å². The molecule has 0 spiro atoms. The molecule has 5 nitrogen and oxygen atoms in total. The highest BCUT2D eigenvalue weighted by atomic mass is 16.5. The minimum absolute atomic E-state index is 0.0707. The van der Waals surface area contributed by atoms with E-state index >= 15 is 0 Å². The van der Waals surface area contributed by atoms with Crippen LogP contribution in [0.25, 0.3) is 0 Å².